The predicted molar refractivity (Wildman–Crippen MR) is 73.8 cm³/mol. The summed E-state index contributed by atoms with van der Waals surface area (Å²) in [4.78, 5) is 45.0. The number of hydrogen-bond donors (Lipinski definition) is 3. The molecule has 0 spiro atoms. The first-order valence-electron chi connectivity index (χ1n) is 5.51. The molecule has 8 nitrogen and oxygen atoms in total. The molecule has 1 aliphatic heterocycles. The molecule has 0 radical (unpaired) electrons. The van der Waals surface area contributed by atoms with Gasteiger partial charge in [-0.2, -0.15) is 12.6 Å². The van der Waals surface area contributed by atoms with Crippen LogP contribution < -0.4 is 0 Å². The predicted octanol–water partition coefficient (Wildman–Crippen LogP) is 0.276. The first kappa shape index (κ1) is 17.4. The van der Waals surface area contributed by atoms with Gasteiger partial charge in [0.25, 0.3) is 5.79 Å². The van der Waals surface area contributed by atoms with Gasteiger partial charge in [0.2, 0.25) is 0 Å². The molecule has 116 valence electrons. The fraction of sp³-hybridized carbons (Fsp3) is 0.455. The van der Waals surface area contributed by atoms with E-state index in [1.54, 1.807) is 0 Å². The Morgan fingerprint density at radius 3 is 2.05 bits per heavy atom. The molecule has 0 amide bonds. The van der Waals surface area contributed by atoms with E-state index >= 15 is 0 Å². The van der Waals surface area contributed by atoms with E-state index in [4.69, 9.17) is 19.7 Å². The van der Waals surface area contributed by atoms with Gasteiger partial charge < -0.3 is 19.7 Å². The number of carboxylic acids is 2. The van der Waals surface area contributed by atoms with E-state index in [0.29, 0.717) is 11.8 Å². The van der Waals surface area contributed by atoms with Crippen LogP contribution in [0.15, 0.2) is 11.0 Å². The lowest BCUT2D eigenvalue weighted by atomic mass is 10.2. The fourth-order valence-corrected chi connectivity index (χ4v) is 2.49. The summed E-state index contributed by atoms with van der Waals surface area (Å²) in [5.41, 5.74) is -0.503. The van der Waals surface area contributed by atoms with Crippen molar-refractivity contribution in [3.63, 3.8) is 0 Å². The number of thiol groups is 1. The molecule has 0 bridgehead atoms. The van der Waals surface area contributed by atoms with Crippen molar-refractivity contribution in [1.29, 1.82) is 0 Å². The maximum atomic E-state index is 11.6. The average Bonchev–Trinajstić information content (AvgIpc) is 2.29. The van der Waals surface area contributed by atoms with Gasteiger partial charge in [-0.1, -0.05) is 0 Å². The Bertz CT molecular complexity index is 502. The molecule has 2 unspecified atom stereocenters. The minimum atomic E-state index is -1.52. The zero-order valence-electron chi connectivity index (χ0n) is 10.9. The lowest BCUT2D eigenvalue weighted by molar-refractivity contribution is -0.222. The Balaban J connectivity index is 2.92. The van der Waals surface area contributed by atoms with Crippen molar-refractivity contribution in [2.75, 3.05) is 0 Å². The minimum Gasteiger partial charge on any atom is -0.480 e. The largest absolute Gasteiger partial charge is 0.480 e. The highest BCUT2D eigenvalue weighted by atomic mass is 32.2. The van der Waals surface area contributed by atoms with E-state index < -0.39 is 45.7 Å². The summed E-state index contributed by atoms with van der Waals surface area (Å²) in [6.45, 7) is 2.72. The summed E-state index contributed by atoms with van der Waals surface area (Å²) in [6.07, 6.45) is 0. The molecule has 2 N–H and O–H groups in total. The molecule has 1 heterocycles. The highest BCUT2D eigenvalue weighted by molar-refractivity contribution is 8.04. The molecule has 0 aromatic heterocycles. The highest BCUT2D eigenvalue weighted by Gasteiger charge is 2.39. The Morgan fingerprint density at radius 2 is 1.67 bits per heavy atom. The average molecular weight is 336 g/mol. The summed E-state index contributed by atoms with van der Waals surface area (Å²) in [7, 11) is 0. The van der Waals surface area contributed by atoms with Gasteiger partial charge in [-0.15, -0.1) is 11.8 Å². The molecule has 1 aliphatic rings. The molecule has 0 aromatic carbocycles. The standard InChI is InChI=1S/C11H12O8S2/c1-11(2)18-9(16)4(10(17)19-11)3-21-6(8(14)15)5(20)7(12)13/h3,5-6,20H,1-2H3,(H,12,13)(H,14,15). The molecule has 1 rings (SSSR count). The van der Waals surface area contributed by atoms with E-state index in [-0.39, 0.29) is 0 Å². The number of carbonyl (C=O) groups excluding carboxylic acids is 2. The van der Waals surface area contributed by atoms with Gasteiger partial charge in [-0.25, -0.2) is 9.59 Å². The van der Waals surface area contributed by atoms with Crippen molar-refractivity contribution in [2.45, 2.75) is 30.1 Å². The molecule has 1 fully saturated rings. The summed E-state index contributed by atoms with van der Waals surface area (Å²) < 4.78 is 9.62. The monoisotopic (exact) mass is 336 g/mol. The van der Waals surface area contributed by atoms with Crippen LogP contribution in [0, 0.1) is 0 Å². The smallest absolute Gasteiger partial charge is 0.349 e. The first-order chi connectivity index (χ1) is 9.55. The van der Waals surface area contributed by atoms with Crippen LogP contribution in [0.5, 0.6) is 0 Å². The van der Waals surface area contributed by atoms with Crippen LogP contribution in [-0.2, 0) is 28.7 Å². The first-order valence-corrected chi connectivity index (χ1v) is 6.97. The molecule has 10 heteroatoms. The van der Waals surface area contributed by atoms with Crippen molar-refractivity contribution < 1.29 is 38.9 Å². The number of hydrogen-bond acceptors (Lipinski definition) is 8. The van der Waals surface area contributed by atoms with Crippen LogP contribution in [0.25, 0.3) is 0 Å². The van der Waals surface area contributed by atoms with Crippen LogP contribution in [-0.4, -0.2) is 50.4 Å². The molecule has 21 heavy (non-hydrogen) atoms. The summed E-state index contributed by atoms with van der Waals surface area (Å²) >= 11 is 4.13. The fourth-order valence-electron chi connectivity index (χ4n) is 1.30. The van der Waals surface area contributed by atoms with Crippen molar-refractivity contribution in [1.82, 2.24) is 0 Å². The third-order valence-corrected chi connectivity index (χ3v) is 4.09. The molecular weight excluding hydrogens is 324 g/mol. The number of ether oxygens (including phenoxy) is 2. The van der Waals surface area contributed by atoms with Crippen molar-refractivity contribution in [2.24, 2.45) is 0 Å². The number of carboxylic acid groups (broad SMARTS) is 2. The molecule has 0 aliphatic carbocycles. The number of thioether (sulfide) groups is 1. The second kappa shape index (κ2) is 6.39. The van der Waals surface area contributed by atoms with Crippen LogP contribution in [0.4, 0.5) is 0 Å². The van der Waals surface area contributed by atoms with Gasteiger partial charge in [0.1, 0.15) is 10.5 Å². The Kier molecular flexibility index (Phi) is 5.29. The van der Waals surface area contributed by atoms with Gasteiger partial charge in [0.05, 0.1) is 0 Å². The van der Waals surface area contributed by atoms with E-state index in [1.807, 2.05) is 0 Å². The molecule has 2 atom stereocenters. The van der Waals surface area contributed by atoms with Crippen molar-refractivity contribution >= 4 is 48.3 Å². The van der Waals surface area contributed by atoms with E-state index in [0.717, 1.165) is 5.41 Å². The second-order valence-electron chi connectivity index (χ2n) is 4.39. The number of cyclic esters (lactones) is 2. The van der Waals surface area contributed by atoms with E-state index in [9.17, 15) is 19.2 Å². The quantitative estimate of drug-likeness (QED) is 0.280. The highest BCUT2D eigenvalue weighted by Crippen LogP contribution is 2.27. The maximum absolute atomic E-state index is 11.6. The van der Waals surface area contributed by atoms with Gasteiger partial charge in [0, 0.05) is 13.8 Å². The lowest BCUT2D eigenvalue weighted by Crippen LogP contribution is -2.41. The van der Waals surface area contributed by atoms with Crippen molar-refractivity contribution in [3.05, 3.63) is 11.0 Å². The van der Waals surface area contributed by atoms with Crippen LogP contribution >= 0.6 is 24.4 Å². The number of aliphatic carboxylic acids is 2. The summed E-state index contributed by atoms with van der Waals surface area (Å²) in [6, 6.07) is 0. The second-order valence-corrected chi connectivity index (χ2v) is 5.96. The number of esters is 2. The third-order valence-electron chi connectivity index (χ3n) is 2.23. The van der Waals surface area contributed by atoms with Gasteiger partial charge in [-0.3, -0.25) is 9.59 Å². The van der Waals surface area contributed by atoms with E-state index in [2.05, 4.69) is 12.6 Å². The number of carbonyl (C=O) groups is 4. The topological polar surface area (TPSA) is 127 Å². The molecular formula is C11H12O8S2. The van der Waals surface area contributed by atoms with Gasteiger partial charge in [0.15, 0.2) is 5.57 Å². The van der Waals surface area contributed by atoms with Gasteiger partial charge in [-0.05, 0) is 5.41 Å². The lowest BCUT2D eigenvalue weighted by Gasteiger charge is -2.29. The van der Waals surface area contributed by atoms with Crippen LogP contribution in [0.3, 0.4) is 0 Å². The summed E-state index contributed by atoms with van der Waals surface area (Å²) in [5.74, 6) is -6.24. The zero-order valence-corrected chi connectivity index (χ0v) is 12.6. The summed E-state index contributed by atoms with van der Waals surface area (Å²) in [5, 5.41) is 15.6. The van der Waals surface area contributed by atoms with Crippen molar-refractivity contribution in [3.8, 4) is 0 Å². The van der Waals surface area contributed by atoms with Crippen LogP contribution in [0.2, 0.25) is 0 Å². The minimum absolute atomic E-state index is 0.460. The van der Waals surface area contributed by atoms with Gasteiger partial charge >= 0.3 is 23.9 Å². The van der Waals surface area contributed by atoms with E-state index in [1.165, 1.54) is 13.8 Å². The zero-order chi connectivity index (χ0) is 16.4. The molecule has 1 saturated heterocycles. The molecule has 0 aromatic rings. The van der Waals surface area contributed by atoms with Crippen LogP contribution in [0.1, 0.15) is 13.8 Å². The molecule has 0 saturated carbocycles. The third kappa shape index (κ3) is 4.39. The number of rotatable bonds is 5. The Morgan fingerprint density at radius 1 is 1.19 bits per heavy atom. The SMILES string of the molecule is CC1(C)OC(=O)C(=CSC(C(=O)O)C(S)C(=O)O)C(=O)O1. The Hall–Kier alpha value is -1.68. The normalized spacial score (nSPS) is 20.0. The maximum Gasteiger partial charge on any atom is 0.349 e. The Labute approximate surface area is 128 Å².